The minimum atomic E-state index is -0.371. The summed E-state index contributed by atoms with van der Waals surface area (Å²) in [5, 5.41) is 0. The van der Waals surface area contributed by atoms with Crippen molar-refractivity contribution >= 4 is 23.5 Å². The summed E-state index contributed by atoms with van der Waals surface area (Å²) in [5.41, 5.74) is 3.21. The second-order valence-corrected chi connectivity index (χ2v) is 5.44. The van der Waals surface area contributed by atoms with Crippen LogP contribution < -0.4 is 0 Å². The van der Waals surface area contributed by atoms with E-state index in [-0.39, 0.29) is 24.2 Å². The van der Waals surface area contributed by atoms with Gasteiger partial charge in [0.2, 0.25) is 0 Å². The van der Waals surface area contributed by atoms with E-state index in [1.165, 1.54) is 15.3 Å². The average Bonchev–Trinajstić information content (AvgIpc) is 2.81. The van der Waals surface area contributed by atoms with Gasteiger partial charge in [-0.15, -0.1) is 0 Å². The van der Waals surface area contributed by atoms with Crippen molar-refractivity contribution in [1.29, 1.82) is 0 Å². The molecule has 1 saturated heterocycles. The lowest BCUT2D eigenvalue weighted by atomic mass is 10.2. The zero-order chi connectivity index (χ0) is 16.2. The molecule has 3 rings (SSSR count). The number of carbonyl (C=O) groups is 2. The maximum atomic E-state index is 12.6. The van der Waals surface area contributed by atoms with Crippen LogP contribution in [-0.2, 0) is 17.9 Å². The summed E-state index contributed by atoms with van der Waals surface area (Å²) in [6, 6.07) is 18.5. The highest BCUT2D eigenvalue weighted by Gasteiger charge is 2.40. The smallest absolute Gasteiger partial charge is 0.283 e. The molecule has 1 heterocycles. The zero-order valence-electron chi connectivity index (χ0n) is 12.4. The summed E-state index contributed by atoms with van der Waals surface area (Å²) < 4.78 is 0. The van der Waals surface area contributed by atoms with Crippen LogP contribution in [0.25, 0.3) is 0 Å². The molecule has 2 aromatic rings. The highest BCUT2D eigenvalue weighted by molar-refractivity contribution is 6.29. The molecule has 0 aliphatic carbocycles. The van der Waals surface area contributed by atoms with Gasteiger partial charge in [-0.3, -0.25) is 14.6 Å². The van der Waals surface area contributed by atoms with E-state index in [2.05, 4.69) is 0 Å². The largest absolute Gasteiger partial charge is 0.332 e. The van der Waals surface area contributed by atoms with Crippen LogP contribution in [0.1, 0.15) is 11.1 Å². The second-order valence-electron chi connectivity index (χ2n) is 5.23. The summed E-state index contributed by atoms with van der Waals surface area (Å²) in [4.78, 5) is 27.7. The Morgan fingerprint density at radius 2 is 1.26 bits per heavy atom. The van der Waals surface area contributed by atoms with Crippen LogP contribution in [0.4, 0.5) is 4.79 Å². The Morgan fingerprint density at radius 1 is 0.783 bits per heavy atom. The van der Waals surface area contributed by atoms with Gasteiger partial charge in [-0.1, -0.05) is 72.3 Å². The Hall–Kier alpha value is -2.59. The molecule has 116 valence electrons. The number of hydrogen-bond acceptors (Lipinski definition) is 2. The lowest BCUT2D eigenvalue weighted by molar-refractivity contribution is -0.123. The van der Waals surface area contributed by atoms with Gasteiger partial charge >= 0.3 is 6.03 Å². The summed E-state index contributed by atoms with van der Waals surface area (Å²) in [6.07, 6.45) is 0. The van der Waals surface area contributed by atoms with Gasteiger partial charge in [-0.05, 0) is 11.1 Å². The molecule has 1 aliphatic heterocycles. The third-order valence-corrected chi connectivity index (χ3v) is 3.89. The molecule has 0 unspecified atom stereocenters. The Kier molecular flexibility index (Phi) is 4.44. The number of imide groups is 1. The van der Waals surface area contributed by atoms with E-state index in [9.17, 15) is 9.59 Å². The molecule has 0 bridgehead atoms. The van der Waals surface area contributed by atoms with Crippen LogP contribution in [0.3, 0.4) is 0 Å². The first-order valence-corrected chi connectivity index (χ1v) is 7.66. The minimum absolute atomic E-state index is 0.205. The maximum absolute atomic E-state index is 12.6. The van der Waals surface area contributed by atoms with Crippen LogP contribution >= 0.6 is 11.6 Å². The number of benzene rings is 2. The van der Waals surface area contributed by atoms with Gasteiger partial charge in [-0.25, -0.2) is 4.79 Å². The molecule has 0 atom stereocenters. The summed E-state index contributed by atoms with van der Waals surface area (Å²) in [5.74, 6) is -0.371. The number of nitrogens with zero attached hydrogens (tertiary/aromatic N) is 2. The summed E-state index contributed by atoms with van der Waals surface area (Å²) in [7, 11) is 0. The van der Waals surface area contributed by atoms with E-state index in [4.69, 9.17) is 11.6 Å². The first-order chi connectivity index (χ1) is 11.2. The molecule has 0 N–H and O–H groups in total. The van der Waals surface area contributed by atoms with Crippen molar-refractivity contribution in [3.05, 3.63) is 83.0 Å². The standard InChI is InChI=1S/C18H15ClN2O2/c19-11-16-17(22)21(13-15-9-5-2-6-10-15)18(23)20(16)12-14-7-3-1-4-8-14/h1-11H,12-13H2/b16-11-. The monoisotopic (exact) mass is 326 g/mol. The molecule has 4 nitrogen and oxygen atoms in total. The first-order valence-electron chi connectivity index (χ1n) is 7.22. The van der Waals surface area contributed by atoms with Crippen molar-refractivity contribution in [2.24, 2.45) is 0 Å². The molecule has 0 aromatic heterocycles. The highest BCUT2D eigenvalue weighted by atomic mass is 35.5. The highest BCUT2D eigenvalue weighted by Crippen LogP contribution is 2.25. The first kappa shape index (κ1) is 15.3. The Balaban J connectivity index is 1.84. The van der Waals surface area contributed by atoms with E-state index in [1.807, 2.05) is 60.7 Å². The summed E-state index contributed by atoms with van der Waals surface area (Å²) >= 11 is 5.79. The number of hydrogen-bond donors (Lipinski definition) is 0. The van der Waals surface area contributed by atoms with Crippen molar-refractivity contribution in [2.45, 2.75) is 13.1 Å². The van der Waals surface area contributed by atoms with Gasteiger partial charge in [0.1, 0.15) is 5.70 Å². The van der Waals surface area contributed by atoms with E-state index < -0.39 is 0 Å². The van der Waals surface area contributed by atoms with Gasteiger partial charge in [0, 0.05) is 5.54 Å². The van der Waals surface area contributed by atoms with Gasteiger partial charge in [0.05, 0.1) is 13.1 Å². The molecule has 3 amide bonds. The molecular weight excluding hydrogens is 312 g/mol. The zero-order valence-corrected chi connectivity index (χ0v) is 13.1. The van der Waals surface area contributed by atoms with E-state index in [1.54, 1.807) is 0 Å². The Bertz CT molecular complexity index is 744. The van der Waals surface area contributed by atoms with Crippen molar-refractivity contribution in [2.75, 3.05) is 0 Å². The molecule has 0 spiro atoms. The Morgan fingerprint density at radius 3 is 1.74 bits per heavy atom. The molecule has 1 aliphatic rings. The molecule has 23 heavy (non-hydrogen) atoms. The van der Waals surface area contributed by atoms with Crippen molar-refractivity contribution in [1.82, 2.24) is 9.80 Å². The number of rotatable bonds is 4. The predicted octanol–water partition coefficient (Wildman–Crippen LogP) is 3.73. The van der Waals surface area contributed by atoms with Crippen molar-refractivity contribution in [3.8, 4) is 0 Å². The van der Waals surface area contributed by atoms with E-state index in [0.717, 1.165) is 11.1 Å². The van der Waals surface area contributed by atoms with Crippen molar-refractivity contribution < 1.29 is 9.59 Å². The molecule has 2 aromatic carbocycles. The molecule has 5 heteroatoms. The second kappa shape index (κ2) is 6.67. The minimum Gasteiger partial charge on any atom is -0.283 e. The van der Waals surface area contributed by atoms with Crippen molar-refractivity contribution in [3.63, 3.8) is 0 Å². The fourth-order valence-corrected chi connectivity index (χ4v) is 2.73. The Labute approximate surface area is 139 Å². The third-order valence-electron chi connectivity index (χ3n) is 3.69. The summed E-state index contributed by atoms with van der Waals surface area (Å²) in [6.45, 7) is 0.549. The van der Waals surface area contributed by atoms with Gasteiger partial charge in [-0.2, -0.15) is 0 Å². The topological polar surface area (TPSA) is 40.6 Å². The molecule has 1 fully saturated rings. The van der Waals surface area contributed by atoms with Crippen LogP contribution in [0.2, 0.25) is 0 Å². The number of urea groups is 1. The van der Waals surface area contributed by atoms with Gasteiger partial charge in [0.15, 0.2) is 0 Å². The quantitative estimate of drug-likeness (QED) is 0.634. The van der Waals surface area contributed by atoms with Crippen LogP contribution in [0.15, 0.2) is 71.9 Å². The fraction of sp³-hybridized carbons (Fsp3) is 0.111. The van der Waals surface area contributed by atoms with Crippen LogP contribution in [0, 0.1) is 0 Å². The SMILES string of the molecule is O=C1/C(=C/Cl)N(Cc2ccccc2)C(=O)N1Cc1ccccc1. The number of halogens is 1. The molecule has 0 radical (unpaired) electrons. The predicted molar refractivity (Wildman–Crippen MR) is 88.3 cm³/mol. The lowest BCUT2D eigenvalue weighted by Gasteiger charge is -2.17. The molecular formula is C18H15ClN2O2. The maximum Gasteiger partial charge on any atom is 0.332 e. The van der Waals surface area contributed by atoms with Crippen LogP contribution in [0.5, 0.6) is 0 Å². The molecule has 0 saturated carbocycles. The lowest BCUT2D eigenvalue weighted by Crippen LogP contribution is -2.32. The number of amides is 3. The average molecular weight is 327 g/mol. The third kappa shape index (κ3) is 3.12. The number of carbonyl (C=O) groups excluding carboxylic acids is 2. The van der Waals surface area contributed by atoms with E-state index >= 15 is 0 Å². The van der Waals surface area contributed by atoms with Gasteiger partial charge < -0.3 is 0 Å². The normalized spacial score (nSPS) is 16.5. The van der Waals surface area contributed by atoms with E-state index in [0.29, 0.717) is 6.54 Å². The van der Waals surface area contributed by atoms with Gasteiger partial charge in [0.25, 0.3) is 5.91 Å². The fourth-order valence-electron chi connectivity index (χ4n) is 2.52. The van der Waals surface area contributed by atoms with Crippen LogP contribution in [-0.4, -0.2) is 21.7 Å².